The molecule has 1 aromatic heterocycles. The van der Waals surface area contributed by atoms with Crippen LogP contribution in [0.15, 0.2) is 97.2 Å². The summed E-state index contributed by atoms with van der Waals surface area (Å²) in [5.41, 5.74) is 13.4. The molecule has 2 fully saturated rings. The lowest BCUT2D eigenvalue weighted by Gasteiger charge is -2.51. The van der Waals surface area contributed by atoms with Gasteiger partial charge in [0.15, 0.2) is 24.1 Å². The monoisotopic (exact) mass is 869 g/mol. The molecule has 0 radical (unpaired) electrons. The van der Waals surface area contributed by atoms with E-state index in [1.165, 1.54) is 35.6 Å². The second-order valence-corrected chi connectivity index (χ2v) is 18.4. The topological polar surface area (TPSA) is 167 Å². The standard InChI is InChI=1S/C54H68N4O6/c55-53-32-42(19-18-40-11-4-10-39(26-40)17-16-37-8-2-1-3-9-37)45(35-58-53)29-44-30-51(63)52(64-36-60)31-41(44)20-21-48(62)33-47(61)15-5-12-38(13-7-25-59)27-50-49-22-24-56-34-46(49)28-43-14-6-23-57-54(43)50/h1-4,6,8-11,14,20-21,26,30-32,35,38,43,46,49-50,54,56-57,59-60,63H,5,7,12-13,15-19,22-25,27-29,33-34,36H2,(H2,55,58)/b21-20+/t38-,43+,46+,49-,50-,54-/m1/s1. The van der Waals surface area contributed by atoms with Crippen LogP contribution >= 0.6 is 0 Å². The van der Waals surface area contributed by atoms with Gasteiger partial charge in [0.1, 0.15) is 11.6 Å². The van der Waals surface area contributed by atoms with Crippen molar-refractivity contribution in [3.8, 4) is 11.5 Å². The highest BCUT2D eigenvalue weighted by Gasteiger charge is 2.45. The van der Waals surface area contributed by atoms with E-state index in [1.54, 1.807) is 24.4 Å². The van der Waals surface area contributed by atoms with Crippen LogP contribution in [0.5, 0.6) is 11.5 Å². The number of ketones is 2. The van der Waals surface area contributed by atoms with Gasteiger partial charge in [-0.05, 0) is 177 Å². The summed E-state index contributed by atoms with van der Waals surface area (Å²) in [4.78, 5) is 30.9. The number of allylic oxidation sites excluding steroid dienone is 1. The first kappa shape index (κ1) is 46.9. The van der Waals surface area contributed by atoms with Gasteiger partial charge < -0.3 is 36.4 Å². The van der Waals surface area contributed by atoms with E-state index in [4.69, 9.17) is 10.5 Å². The SMILES string of the molecule is Nc1cc(CCc2cccc(CCc3ccccc3)c2)c(Cc2cc(O)c(OCO)cc2/C=C/C(=O)CC(=O)CCC[C@H](CCCO)C[C@@H]2[C@@H]3CCNC[C@@H]3C[C@@H]3C=CCN[C@@H]23)cn1. The van der Waals surface area contributed by atoms with Gasteiger partial charge in [0.2, 0.25) is 0 Å². The largest absolute Gasteiger partial charge is 0.504 e. The molecule has 7 N–H and O–H groups in total. The van der Waals surface area contributed by atoms with Crippen molar-refractivity contribution in [3.63, 3.8) is 0 Å². The van der Waals surface area contributed by atoms with Crippen molar-refractivity contribution in [2.75, 3.05) is 38.8 Å². The van der Waals surface area contributed by atoms with E-state index in [1.807, 2.05) is 12.1 Å². The number of nitrogens with one attached hydrogen (secondary N) is 2. The molecule has 1 saturated carbocycles. The van der Waals surface area contributed by atoms with Crippen molar-refractivity contribution in [2.45, 2.75) is 95.9 Å². The number of nitrogens with zero attached hydrogens (tertiary/aromatic N) is 1. The van der Waals surface area contributed by atoms with Gasteiger partial charge in [-0.25, -0.2) is 4.98 Å². The Morgan fingerprint density at radius 3 is 2.50 bits per heavy atom. The lowest BCUT2D eigenvalue weighted by molar-refractivity contribution is -0.124. The number of anilines is 1. The fourth-order valence-corrected chi connectivity index (χ4v) is 10.8. The number of ether oxygens (including phenoxy) is 1. The van der Waals surface area contributed by atoms with Crippen molar-refractivity contribution >= 4 is 23.5 Å². The number of aliphatic hydroxyl groups is 2. The molecule has 3 aromatic carbocycles. The summed E-state index contributed by atoms with van der Waals surface area (Å²) in [6.45, 7) is 2.63. The Morgan fingerprint density at radius 2 is 1.69 bits per heavy atom. The molecule has 0 bridgehead atoms. The number of rotatable bonds is 23. The Hall–Kier alpha value is -5.13. The third-order valence-electron chi connectivity index (χ3n) is 14.0. The number of phenolic OH excluding ortho intramolecular Hbond substituents is 1. The van der Waals surface area contributed by atoms with E-state index in [9.17, 15) is 24.9 Å². The van der Waals surface area contributed by atoms with E-state index in [2.05, 4.69) is 76.3 Å². The van der Waals surface area contributed by atoms with Crippen LogP contribution in [0.3, 0.4) is 0 Å². The molecule has 3 heterocycles. The highest BCUT2D eigenvalue weighted by molar-refractivity contribution is 6.06. The Morgan fingerprint density at radius 1 is 0.906 bits per heavy atom. The van der Waals surface area contributed by atoms with Crippen molar-refractivity contribution in [1.29, 1.82) is 0 Å². The first-order valence-corrected chi connectivity index (χ1v) is 23.6. The molecule has 0 spiro atoms. The Labute approximate surface area is 379 Å². The molecule has 6 atom stereocenters. The number of fused-ring (bicyclic) bond motifs is 2. The first-order chi connectivity index (χ1) is 31.3. The number of hydrogen-bond acceptors (Lipinski definition) is 10. The molecule has 3 aliphatic rings. The van der Waals surface area contributed by atoms with Crippen molar-refractivity contribution < 1.29 is 29.6 Å². The summed E-state index contributed by atoms with van der Waals surface area (Å²) in [6, 6.07) is 24.8. The van der Waals surface area contributed by atoms with Gasteiger partial charge in [-0.1, -0.05) is 79.2 Å². The maximum Gasteiger partial charge on any atom is 0.186 e. The molecule has 0 amide bonds. The van der Waals surface area contributed by atoms with Gasteiger partial charge in [0.05, 0.1) is 6.42 Å². The molecule has 64 heavy (non-hydrogen) atoms. The van der Waals surface area contributed by atoms with E-state index < -0.39 is 6.79 Å². The summed E-state index contributed by atoms with van der Waals surface area (Å²) in [5, 5.41) is 37.6. The Balaban J connectivity index is 0.966. The zero-order valence-corrected chi connectivity index (χ0v) is 37.3. The molecule has 10 heteroatoms. The molecule has 4 aromatic rings. The third kappa shape index (κ3) is 13.2. The minimum atomic E-state index is -0.627. The van der Waals surface area contributed by atoms with Gasteiger partial charge in [-0.2, -0.15) is 0 Å². The predicted molar refractivity (Wildman–Crippen MR) is 254 cm³/mol. The molecular weight excluding hydrogens is 801 g/mol. The fraction of sp³-hybridized carbons (Fsp3) is 0.463. The van der Waals surface area contributed by atoms with Gasteiger partial charge in [0.25, 0.3) is 0 Å². The Kier molecular flexibility index (Phi) is 17.3. The molecule has 1 aliphatic carbocycles. The molecule has 2 aliphatic heterocycles. The van der Waals surface area contributed by atoms with Crippen LogP contribution in [0.1, 0.15) is 96.7 Å². The van der Waals surface area contributed by atoms with Gasteiger partial charge in [-0.3, -0.25) is 9.59 Å². The van der Waals surface area contributed by atoms with Gasteiger partial charge in [0, 0.05) is 31.8 Å². The highest BCUT2D eigenvalue weighted by atomic mass is 16.6. The molecule has 10 nitrogen and oxygen atoms in total. The smallest absolute Gasteiger partial charge is 0.186 e. The number of carbonyl (C=O) groups excluding carboxylic acids is 2. The number of aromatic nitrogens is 1. The van der Waals surface area contributed by atoms with E-state index in [-0.39, 0.29) is 36.1 Å². The summed E-state index contributed by atoms with van der Waals surface area (Å²) < 4.78 is 5.30. The maximum atomic E-state index is 13.3. The van der Waals surface area contributed by atoms with Gasteiger partial charge in [-0.15, -0.1) is 0 Å². The minimum absolute atomic E-state index is 0.0830. The number of piperidine rings is 1. The van der Waals surface area contributed by atoms with E-state index >= 15 is 0 Å². The number of benzene rings is 3. The lowest BCUT2D eigenvalue weighted by Crippen LogP contribution is -2.56. The normalized spacial score (nSPS) is 21.0. The number of nitrogen functional groups attached to an aromatic ring is 1. The lowest BCUT2D eigenvalue weighted by atomic mass is 9.60. The second-order valence-electron chi connectivity index (χ2n) is 18.4. The molecule has 7 rings (SSSR count). The van der Waals surface area contributed by atoms with Crippen LogP contribution < -0.4 is 21.1 Å². The average molecular weight is 869 g/mol. The number of aromatic hydroxyl groups is 1. The molecular formula is C54H68N4O6. The second kappa shape index (κ2) is 23.7. The summed E-state index contributed by atoms with van der Waals surface area (Å²) >= 11 is 0. The van der Waals surface area contributed by atoms with Crippen molar-refractivity contribution in [1.82, 2.24) is 15.6 Å². The molecule has 340 valence electrons. The van der Waals surface area contributed by atoms with Crippen LogP contribution in [-0.2, 0) is 41.7 Å². The van der Waals surface area contributed by atoms with Crippen LogP contribution in [0, 0.1) is 29.6 Å². The maximum absolute atomic E-state index is 13.3. The number of phenols is 1. The van der Waals surface area contributed by atoms with Crippen LogP contribution in [0.2, 0.25) is 0 Å². The van der Waals surface area contributed by atoms with Crippen LogP contribution in [-0.4, -0.2) is 70.9 Å². The van der Waals surface area contributed by atoms with Crippen molar-refractivity contribution in [3.05, 3.63) is 136 Å². The van der Waals surface area contributed by atoms with E-state index in [0.29, 0.717) is 59.9 Å². The number of nitrogens with two attached hydrogens (primary N) is 1. The fourth-order valence-electron chi connectivity index (χ4n) is 10.8. The minimum Gasteiger partial charge on any atom is -0.504 e. The highest BCUT2D eigenvalue weighted by Crippen LogP contribution is 2.46. The summed E-state index contributed by atoms with van der Waals surface area (Å²) in [5.74, 6) is 2.94. The van der Waals surface area contributed by atoms with E-state index in [0.717, 1.165) is 94.1 Å². The van der Waals surface area contributed by atoms with Crippen molar-refractivity contribution in [2.24, 2.45) is 29.6 Å². The quantitative estimate of drug-likeness (QED) is 0.0188. The number of pyridine rings is 1. The average Bonchev–Trinajstić information content (AvgIpc) is 3.30. The summed E-state index contributed by atoms with van der Waals surface area (Å²) in [6.07, 6.45) is 20.4. The number of hydrogen-bond donors (Lipinski definition) is 6. The number of aryl methyl sites for hydroxylation is 4. The number of aliphatic hydroxyl groups excluding tert-OH is 2. The van der Waals surface area contributed by atoms with Crippen LogP contribution in [0.25, 0.3) is 6.08 Å². The predicted octanol–water partition coefficient (Wildman–Crippen LogP) is 7.74. The first-order valence-electron chi connectivity index (χ1n) is 23.6. The van der Waals surface area contributed by atoms with Gasteiger partial charge >= 0.3 is 0 Å². The number of carbonyl (C=O) groups is 2. The van der Waals surface area contributed by atoms with Crippen LogP contribution in [0.4, 0.5) is 5.82 Å². The summed E-state index contributed by atoms with van der Waals surface area (Å²) in [7, 11) is 0. The third-order valence-corrected chi connectivity index (χ3v) is 14.0. The Bertz CT molecular complexity index is 2210. The molecule has 0 unspecified atom stereocenters. The number of Topliss-reactive ketones (excluding diaryl/α,β-unsaturated/α-hetero) is 1. The molecule has 1 saturated heterocycles. The zero-order chi connectivity index (χ0) is 44.7. The zero-order valence-electron chi connectivity index (χ0n) is 37.3.